The number of ether oxygens (including phenoxy) is 1. The van der Waals surface area contributed by atoms with Crippen LogP contribution in [0.4, 0.5) is 5.69 Å². The maximum absolute atomic E-state index is 12.6. The number of esters is 1. The Morgan fingerprint density at radius 3 is 2.43 bits per heavy atom. The summed E-state index contributed by atoms with van der Waals surface area (Å²) in [5, 5.41) is 0. The second-order valence-electron chi connectivity index (χ2n) is 5.12. The minimum atomic E-state index is -3.80. The number of hydrogen-bond donors (Lipinski definition) is 1. The van der Waals surface area contributed by atoms with Crippen LogP contribution in [0.5, 0.6) is 0 Å². The van der Waals surface area contributed by atoms with Crippen molar-refractivity contribution in [2.24, 2.45) is 0 Å². The summed E-state index contributed by atoms with van der Waals surface area (Å²) in [6.07, 6.45) is 0. The number of carbonyl (C=O) groups is 1. The van der Waals surface area contributed by atoms with E-state index >= 15 is 0 Å². The molecule has 0 heterocycles. The molecule has 0 aliphatic rings. The molecule has 0 aliphatic heterocycles. The van der Waals surface area contributed by atoms with Crippen LogP contribution in [0.3, 0.4) is 0 Å². The van der Waals surface area contributed by atoms with Gasteiger partial charge in [0.25, 0.3) is 10.0 Å². The highest BCUT2D eigenvalue weighted by Gasteiger charge is 2.20. The topological polar surface area (TPSA) is 72.5 Å². The normalized spacial score (nSPS) is 11.1. The summed E-state index contributed by atoms with van der Waals surface area (Å²) in [4.78, 5) is 11.9. The van der Waals surface area contributed by atoms with Crippen LogP contribution in [0.2, 0.25) is 0 Å². The molecule has 0 saturated carbocycles. The fraction of sp³-hybridized carbons (Fsp3) is 0.235. The van der Waals surface area contributed by atoms with Crippen LogP contribution in [-0.2, 0) is 14.8 Å². The van der Waals surface area contributed by atoms with E-state index in [0.29, 0.717) is 11.3 Å². The number of carbonyl (C=O) groups excluding carboxylic acids is 1. The molecule has 2 rings (SSSR count). The summed E-state index contributed by atoms with van der Waals surface area (Å²) in [7, 11) is -3.80. The molecule has 0 aliphatic carbocycles. The summed E-state index contributed by atoms with van der Waals surface area (Å²) in [5.41, 5.74) is 2.09. The Labute approximate surface area is 136 Å². The van der Waals surface area contributed by atoms with Crippen molar-refractivity contribution in [2.75, 3.05) is 11.3 Å². The number of sulfonamides is 1. The molecule has 2 aromatic carbocycles. The van der Waals surface area contributed by atoms with Gasteiger partial charge < -0.3 is 4.74 Å². The Hall–Kier alpha value is -2.34. The van der Waals surface area contributed by atoms with Crippen LogP contribution in [0.25, 0.3) is 0 Å². The zero-order valence-corrected chi connectivity index (χ0v) is 14.1. The maximum atomic E-state index is 12.6. The zero-order chi connectivity index (χ0) is 17.0. The number of anilines is 1. The van der Waals surface area contributed by atoms with Crippen LogP contribution in [0, 0.1) is 13.8 Å². The summed E-state index contributed by atoms with van der Waals surface area (Å²) in [6, 6.07) is 11.6. The van der Waals surface area contributed by atoms with Crippen molar-refractivity contribution < 1.29 is 17.9 Å². The maximum Gasteiger partial charge on any atom is 0.338 e. The monoisotopic (exact) mass is 333 g/mol. The molecule has 0 unspecified atom stereocenters. The Morgan fingerprint density at radius 1 is 1.09 bits per heavy atom. The zero-order valence-electron chi connectivity index (χ0n) is 13.3. The third kappa shape index (κ3) is 3.90. The fourth-order valence-electron chi connectivity index (χ4n) is 2.12. The summed E-state index contributed by atoms with van der Waals surface area (Å²) >= 11 is 0. The first kappa shape index (κ1) is 17.0. The third-order valence-electron chi connectivity index (χ3n) is 3.38. The van der Waals surface area contributed by atoms with Crippen molar-refractivity contribution in [3.8, 4) is 0 Å². The van der Waals surface area contributed by atoms with E-state index in [9.17, 15) is 13.2 Å². The van der Waals surface area contributed by atoms with E-state index in [4.69, 9.17) is 4.74 Å². The van der Waals surface area contributed by atoms with E-state index in [1.807, 2.05) is 19.1 Å². The average Bonchev–Trinajstić information content (AvgIpc) is 2.50. The molecule has 0 atom stereocenters. The first-order valence-electron chi connectivity index (χ1n) is 7.21. The van der Waals surface area contributed by atoms with Gasteiger partial charge in [0, 0.05) is 0 Å². The first-order valence-corrected chi connectivity index (χ1v) is 8.69. The minimum absolute atomic E-state index is 0.0614. The van der Waals surface area contributed by atoms with Gasteiger partial charge in [-0.2, -0.15) is 0 Å². The largest absolute Gasteiger partial charge is 0.462 e. The van der Waals surface area contributed by atoms with Gasteiger partial charge in [-0.25, -0.2) is 13.2 Å². The van der Waals surface area contributed by atoms with Crippen LogP contribution in [0.15, 0.2) is 47.4 Å². The number of rotatable bonds is 5. The molecule has 23 heavy (non-hydrogen) atoms. The number of hydrogen-bond acceptors (Lipinski definition) is 4. The van der Waals surface area contributed by atoms with E-state index < -0.39 is 16.0 Å². The lowest BCUT2D eigenvalue weighted by molar-refractivity contribution is 0.0526. The van der Waals surface area contributed by atoms with Gasteiger partial charge in [0.05, 0.1) is 22.8 Å². The Morgan fingerprint density at radius 2 is 1.78 bits per heavy atom. The number of para-hydroxylation sites is 1. The van der Waals surface area contributed by atoms with Crippen molar-refractivity contribution in [1.29, 1.82) is 0 Å². The van der Waals surface area contributed by atoms with Gasteiger partial charge in [0.1, 0.15) is 0 Å². The van der Waals surface area contributed by atoms with Crippen molar-refractivity contribution in [3.63, 3.8) is 0 Å². The highest BCUT2D eigenvalue weighted by Crippen LogP contribution is 2.23. The molecular weight excluding hydrogens is 314 g/mol. The average molecular weight is 333 g/mol. The van der Waals surface area contributed by atoms with Crippen LogP contribution in [0.1, 0.15) is 28.4 Å². The smallest absolute Gasteiger partial charge is 0.338 e. The highest BCUT2D eigenvalue weighted by molar-refractivity contribution is 7.92. The van der Waals surface area contributed by atoms with E-state index in [1.54, 1.807) is 38.1 Å². The van der Waals surface area contributed by atoms with Gasteiger partial charge in [0.2, 0.25) is 0 Å². The third-order valence-corrected chi connectivity index (χ3v) is 4.89. The lowest BCUT2D eigenvalue weighted by Gasteiger charge is -2.13. The standard InChI is InChI=1S/C17H19NO4S/c1-4-22-17(19)14-10-9-13(3)16(11-14)23(20,21)18-15-8-6-5-7-12(15)2/h5-11,18H,4H2,1-3H3. The van der Waals surface area contributed by atoms with Gasteiger partial charge in [-0.15, -0.1) is 0 Å². The number of nitrogens with one attached hydrogen (secondary N) is 1. The second kappa shape index (κ2) is 6.83. The Bertz CT molecular complexity index is 828. The SMILES string of the molecule is CCOC(=O)c1ccc(C)c(S(=O)(=O)Nc2ccccc2C)c1. The molecule has 0 amide bonds. The highest BCUT2D eigenvalue weighted by atomic mass is 32.2. The predicted molar refractivity (Wildman–Crippen MR) is 89.1 cm³/mol. The molecule has 5 nitrogen and oxygen atoms in total. The quantitative estimate of drug-likeness (QED) is 0.852. The van der Waals surface area contributed by atoms with Crippen LogP contribution >= 0.6 is 0 Å². The van der Waals surface area contributed by atoms with Crippen molar-refractivity contribution in [3.05, 3.63) is 59.2 Å². The molecule has 0 radical (unpaired) electrons. The molecule has 0 aromatic heterocycles. The van der Waals surface area contributed by atoms with Crippen molar-refractivity contribution >= 4 is 21.7 Å². The minimum Gasteiger partial charge on any atom is -0.462 e. The van der Waals surface area contributed by atoms with Gasteiger partial charge in [-0.05, 0) is 50.1 Å². The fourth-order valence-corrected chi connectivity index (χ4v) is 3.52. The van der Waals surface area contributed by atoms with Gasteiger partial charge >= 0.3 is 5.97 Å². The van der Waals surface area contributed by atoms with Gasteiger partial charge in [-0.3, -0.25) is 4.72 Å². The van der Waals surface area contributed by atoms with E-state index in [2.05, 4.69) is 4.72 Å². The van der Waals surface area contributed by atoms with Crippen molar-refractivity contribution in [2.45, 2.75) is 25.7 Å². The molecule has 0 saturated heterocycles. The molecule has 2 aromatic rings. The summed E-state index contributed by atoms with van der Waals surface area (Å²) in [6.45, 7) is 5.43. The molecule has 0 spiro atoms. The van der Waals surface area contributed by atoms with Crippen LogP contribution < -0.4 is 4.72 Å². The number of aryl methyl sites for hydroxylation is 2. The summed E-state index contributed by atoms with van der Waals surface area (Å²) in [5.74, 6) is -0.542. The lowest BCUT2D eigenvalue weighted by atomic mass is 10.1. The second-order valence-corrected chi connectivity index (χ2v) is 6.77. The van der Waals surface area contributed by atoms with Crippen molar-refractivity contribution in [1.82, 2.24) is 0 Å². The van der Waals surface area contributed by atoms with E-state index in [0.717, 1.165) is 5.56 Å². The molecule has 6 heteroatoms. The lowest BCUT2D eigenvalue weighted by Crippen LogP contribution is -2.16. The number of benzene rings is 2. The predicted octanol–water partition coefficient (Wildman–Crippen LogP) is 3.28. The first-order chi connectivity index (χ1) is 10.8. The van der Waals surface area contributed by atoms with E-state index in [-0.39, 0.29) is 17.1 Å². The molecule has 0 bridgehead atoms. The Balaban J connectivity index is 2.41. The van der Waals surface area contributed by atoms with Gasteiger partial charge in [0.15, 0.2) is 0 Å². The molecule has 122 valence electrons. The molecule has 0 fully saturated rings. The van der Waals surface area contributed by atoms with E-state index in [1.165, 1.54) is 6.07 Å². The van der Waals surface area contributed by atoms with Gasteiger partial charge in [-0.1, -0.05) is 24.3 Å². The Kier molecular flexibility index (Phi) is 5.05. The molecular formula is C17H19NO4S. The van der Waals surface area contributed by atoms with Crippen LogP contribution in [-0.4, -0.2) is 21.0 Å². The molecule has 1 N–H and O–H groups in total. The summed E-state index contributed by atoms with van der Waals surface area (Å²) < 4.78 is 32.8.